The van der Waals surface area contributed by atoms with E-state index in [9.17, 15) is 13.2 Å². The molecule has 1 amide bonds. The first-order chi connectivity index (χ1) is 11.2. The Morgan fingerprint density at radius 3 is 2.54 bits per heavy atom. The van der Waals surface area contributed by atoms with Crippen LogP contribution in [0.25, 0.3) is 0 Å². The second-order valence-corrected chi connectivity index (χ2v) is 8.87. The molecule has 2 atom stereocenters. The minimum absolute atomic E-state index is 0.0650. The lowest BCUT2D eigenvalue weighted by molar-refractivity contribution is -0.120. The van der Waals surface area contributed by atoms with Gasteiger partial charge in [-0.2, -0.15) is 0 Å². The highest BCUT2D eigenvalue weighted by Crippen LogP contribution is 2.33. The molecule has 0 aromatic heterocycles. The van der Waals surface area contributed by atoms with Crippen molar-refractivity contribution in [1.29, 1.82) is 0 Å². The van der Waals surface area contributed by atoms with Crippen molar-refractivity contribution in [3.05, 3.63) is 23.3 Å². The molecule has 1 aromatic carbocycles. The van der Waals surface area contributed by atoms with Gasteiger partial charge in [0.2, 0.25) is 15.9 Å². The summed E-state index contributed by atoms with van der Waals surface area (Å²) in [6, 6.07) is 3.18. The van der Waals surface area contributed by atoms with Crippen LogP contribution < -0.4 is 11.1 Å². The van der Waals surface area contributed by atoms with Gasteiger partial charge in [-0.25, -0.2) is 12.7 Å². The molecule has 24 heavy (non-hydrogen) atoms. The van der Waals surface area contributed by atoms with Crippen LogP contribution in [0.15, 0.2) is 17.0 Å². The molecule has 1 aromatic rings. The first-order valence-electron chi connectivity index (χ1n) is 8.23. The fraction of sp³-hybridized carbons (Fsp3) is 0.588. The number of nitrogens with one attached hydrogen (secondary N) is 1. The number of amides is 1. The summed E-state index contributed by atoms with van der Waals surface area (Å²) in [6.07, 6.45) is 2.82. The Bertz CT molecular complexity index is 729. The number of aryl methyl sites for hydroxylation is 1. The summed E-state index contributed by atoms with van der Waals surface area (Å²) < 4.78 is 25.9. The van der Waals surface area contributed by atoms with Gasteiger partial charge in [0.25, 0.3) is 0 Å². The minimum Gasteiger partial charge on any atom is -0.330 e. The molecule has 2 rings (SSSR count). The van der Waals surface area contributed by atoms with Crippen molar-refractivity contribution >= 4 is 21.6 Å². The van der Waals surface area contributed by atoms with Crippen LogP contribution in [-0.4, -0.2) is 39.3 Å². The van der Waals surface area contributed by atoms with Gasteiger partial charge < -0.3 is 11.1 Å². The Morgan fingerprint density at radius 2 is 1.96 bits per heavy atom. The van der Waals surface area contributed by atoms with Gasteiger partial charge in [-0.3, -0.25) is 4.79 Å². The molecule has 1 aliphatic carbocycles. The number of nitrogens with zero attached hydrogens (tertiary/aromatic N) is 1. The van der Waals surface area contributed by atoms with Crippen LogP contribution in [0.2, 0.25) is 0 Å². The predicted molar refractivity (Wildman–Crippen MR) is 95.3 cm³/mol. The first kappa shape index (κ1) is 18.9. The molecular formula is C17H27N3O3S. The van der Waals surface area contributed by atoms with E-state index in [1.54, 1.807) is 12.1 Å². The van der Waals surface area contributed by atoms with E-state index >= 15 is 0 Å². The maximum Gasteiger partial charge on any atom is 0.242 e. The summed E-state index contributed by atoms with van der Waals surface area (Å²) in [6.45, 7) is 4.23. The quantitative estimate of drug-likeness (QED) is 0.845. The summed E-state index contributed by atoms with van der Waals surface area (Å²) in [4.78, 5) is 12.8. The number of rotatable bonds is 5. The van der Waals surface area contributed by atoms with E-state index in [4.69, 9.17) is 5.73 Å². The van der Waals surface area contributed by atoms with Crippen LogP contribution in [0, 0.1) is 25.7 Å². The second kappa shape index (κ2) is 7.21. The maximum absolute atomic E-state index is 12.6. The minimum atomic E-state index is -3.55. The highest BCUT2D eigenvalue weighted by Gasteiger charge is 2.32. The number of anilines is 1. The molecule has 1 saturated carbocycles. The Morgan fingerprint density at radius 1 is 1.29 bits per heavy atom. The fourth-order valence-electron chi connectivity index (χ4n) is 3.21. The fourth-order valence-corrected chi connectivity index (χ4v) is 4.22. The molecule has 0 heterocycles. The van der Waals surface area contributed by atoms with E-state index in [0.717, 1.165) is 30.4 Å². The molecule has 1 aliphatic rings. The smallest absolute Gasteiger partial charge is 0.242 e. The first-order valence-corrected chi connectivity index (χ1v) is 9.67. The average molecular weight is 353 g/mol. The Balaban J connectivity index is 2.33. The van der Waals surface area contributed by atoms with E-state index < -0.39 is 10.0 Å². The van der Waals surface area contributed by atoms with Gasteiger partial charge in [-0.1, -0.05) is 6.42 Å². The van der Waals surface area contributed by atoms with E-state index in [2.05, 4.69) is 5.32 Å². The normalized spacial score (nSPS) is 21.2. The van der Waals surface area contributed by atoms with E-state index in [1.807, 2.05) is 13.8 Å². The molecule has 3 N–H and O–H groups in total. The zero-order valence-electron chi connectivity index (χ0n) is 14.8. The predicted octanol–water partition coefficient (Wildman–Crippen LogP) is 1.87. The lowest BCUT2D eigenvalue weighted by Gasteiger charge is -2.20. The second-order valence-electron chi connectivity index (χ2n) is 6.72. The third kappa shape index (κ3) is 3.63. The average Bonchev–Trinajstić information content (AvgIpc) is 2.99. The third-order valence-corrected chi connectivity index (χ3v) is 6.77. The van der Waals surface area contributed by atoms with Crippen molar-refractivity contribution in [1.82, 2.24) is 4.31 Å². The Hall–Kier alpha value is -1.44. The summed E-state index contributed by atoms with van der Waals surface area (Å²) in [5, 5.41) is 2.93. The van der Waals surface area contributed by atoms with E-state index in [-0.39, 0.29) is 22.6 Å². The van der Waals surface area contributed by atoms with Crippen LogP contribution in [0.1, 0.15) is 30.4 Å². The van der Waals surface area contributed by atoms with Crippen molar-refractivity contribution in [3.8, 4) is 0 Å². The largest absolute Gasteiger partial charge is 0.330 e. The number of hydrogen-bond acceptors (Lipinski definition) is 4. The van der Waals surface area contributed by atoms with E-state index in [0.29, 0.717) is 12.2 Å². The summed E-state index contributed by atoms with van der Waals surface area (Å²) >= 11 is 0. The Labute approximate surface area is 144 Å². The van der Waals surface area contributed by atoms with Crippen molar-refractivity contribution in [2.45, 2.75) is 38.0 Å². The number of hydrogen-bond donors (Lipinski definition) is 2. The number of carbonyl (C=O) groups is 1. The molecule has 6 nitrogen and oxygen atoms in total. The molecule has 0 aliphatic heterocycles. The SMILES string of the molecule is Cc1cc(S(=O)(=O)N(C)C)cc(NC(=O)[C@@H]2CCC[C@@H]2CN)c1C. The van der Waals surface area contributed by atoms with Crippen LogP contribution in [0.4, 0.5) is 5.69 Å². The van der Waals surface area contributed by atoms with Gasteiger partial charge in [-0.05, 0) is 62.4 Å². The van der Waals surface area contributed by atoms with Crippen molar-refractivity contribution < 1.29 is 13.2 Å². The van der Waals surface area contributed by atoms with E-state index in [1.165, 1.54) is 18.4 Å². The topological polar surface area (TPSA) is 92.5 Å². The van der Waals surface area contributed by atoms with Gasteiger partial charge in [0.05, 0.1) is 4.90 Å². The molecule has 0 radical (unpaired) electrons. The third-order valence-electron chi connectivity index (χ3n) is 4.98. The van der Waals surface area contributed by atoms with Crippen LogP contribution in [-0.2, 0) is 14.8 Å². The van der Waals surface area contributed by atoms with Gasteiger partial charge in [-0.15, -0.1) is 0 Å². The monoisotopic (exact) mass is 353 g/mol. The number of nitrogens with two attached hydrogens (primary N) is 1. The molecule has 7 heteroatoms. The van der Waals surface area contributed by atoms with Gasteiger partial charge in [0.15, 0.2) is 0 Å². The summed E-state index contributed by atoms with van der Waals surface area (Å²) in [5.74, 6) is 0.0498. The van der Waals surface area contributed by atoms with Gasteiger partial charge in [0.1, 0.15) is 0 Å². The zero-order valence-corrected chi connectivity index (χ0v) is 15.6. The lowest BCUT2D eigenvalue weighted by atomic mass is 9.95. The molecule has 0 bridgehead atoms. The van der Waals surface area contributed by atoms with Crippen LogP contribution in [0.5, 0.6) is 0 Å². The van der Waals surface area contributed by atoms with Gasteiger partial charge in [0, 0.05) is 25.7 Å². The molecule has 0 spiro atoms. The Kier molecular flexibility index (Phi) is 5.67. The highest BCUT2D eigenvalue weighted by molar-refractivity contribution is 7.89. The number of carbonyl (C=O) groups excluding carboxylic acids is 1. The molecule has 0 unspecified atom stereocenters. The molecule has 1 fully saturated rings. The van der Waals surface area contributed by atoms with Crippen LogP contribution >= 0.6 is 0 Å². The van der Waals surface area contributed by atoms with Gasteiger partial charge >= 0.3 is 0 Å². The molecular weight excluding hydrogens is 326 g/mol. The molecule has 134 valence electrons. The molecule has 0 saturated heterocycles. The highest BCUT2D eigenvalue weighted by atomic mass is 32.2. The van der Waals surface area contributed by atoms with Crippen molar-refractivity contribution in [2.75, 3.05) is 26.0 Å². The number of sulfonamides is 1. The van der Waals surface area contributed by atoms with Crippen molar-refractivity contribution in [3.63, 3.8) is 0 Å². The van der Waals surface area contributed by atoms with Crippen molar-refractivity contribution in [2.24, 2.45) is 17.6 Å². The van der Waals surface area contributed by atoms with Crippen LogP contribution in [0.3, 0.4) is 0 Å². The summed E-state index contributed by atoms with van der Waals surface area (Å²) in [7, 11) is -0.560. The number of benzene rings is 1. The summed E-state index contributed by atoms with van der Waals surface area (Å²) in [5.41, 5.74) is 8.02. The maximum atomic E-state index is 12.6. The standard InChI is InChI=1S/C17H27N3O3S/c1-11-8-14(24(22,23)20(3)4)9-16(12(11)2)19-17(21)15-7-5-6-13(15)10-18/h8-9,13,15H,5-7,10,18H2,1-4H3,(H,19,21)/t13-,15-/m1/s1. The lowest BCUT2D eigenvalue weighted by Crippen LogP contribution is -2.30. The zero-order chi connectivity index (χ0) is 18.1.